The third kappa shape index (κ3) is 4.90. The number of fused-ring (bicyclic) bond motifs is 2. The highest BCUT2D eigenvalue weighted by atomic mass is 32.2. The Kier molecular flexibility index (Phi) is 7.69. The van der Waals surface area contributed by atoms with Crippen molar-refractivity contribution in [2.75, 3.05) is 13.1 Å². The molecule has 0 aromatic rings. The molecule has 2 saturated carbocycles. The van der Waals surface area contributed by atoms with Gasteiger partial charge in [-0.15, -0.1) is 11.8 Å². The Bertz CT molecular complexity index is 718. The van der Waals surface area contributed by atoms with Crippen LogP contribution in [0.1, 0.15) is 65.2 Å². The molecule has 2 nitrogen and oxygen atoms in total. The van der Waals surface area contributed by atoms with Crippen LogP contribution in [0.25, 0.3) is 0 Å². The molecule has 0 amide bonds. The first kappa shape index (κ1) is 21.4. The Morgan fingerprint density at radius 2 is 1.59 bits per heavy atom. The molecule has 0 N–H and O–H groups in total. The minimum absolute atomic E-state index is 0.781. The molecule has 4 aliphatic rings. The molecular formula is C25H37N2S2+. The van der Waals surface area contributed by atoms with Crippen molar-refractivity contribution < 1.29 is 4.58 Å². The van der Waals surface area contributed by atoms with Gasteiger partial charge in [0.1, 0.15) is 6.54 Å². The highest BCUT2D eigenvalue weighted by molar-refractivity contribution is 8.14. The number of thioether (sulfide) groups is 2. The highest BCUT2D eigenvalue weighted by Gasteiger charge is 2.42. The van der Waals surface area contributed by atoms with Crippen LogP contribution >= 0.6 is 23.5 Å². The van der Waals surface area contributed by atoms with Gasteiger partial charge in [-0.3, -0.25) is 0 Å². The maximum Gasteiger partial charge on any atom is 0.235 e. The summed E-state index contributed by atoms with van der Waals surface area (Å²) in [7, 11) is 0. The number of nitrogens with zero attached hydrogens (tertiary/aromatic N) is 2. The van der Waals surface area contributed by atoms with Crippen molar-refractivity contribution in [2.45, 2.75) is 87.8 Å². The zero-order valence-corrected chi connectivity index (χ0v) is 19.8. The van der Waals surface area contributed by atoms with Gasteiger partial charge in [0.05, 0.1) is 10.3 Å². The van der Waals surface area contributed by atoms with Crippen LogP contribution in [0.15, 0.2) is 47.6 Å². The average molecular weight is 430 g/mol. The molecule has 4 rings (SSSR count). The molecule has 158 valence electrons. The van der Waals surface area contributed by atoms with Crippen LogP contribution in [0, 0.1) is 0 Å². The van der Waals surface area contributed by atoms with E-state index < -0.39 is 0 Å². The topological polar surface area (TPSA) is 6.25 Å². The van der Waals surface area contributed by atoms with Crippen molar-refractivity contribution in [2.24, 2.45) is 0 Å². The Morgan fingerprint density at radius 3 is 2.41 bits per heavy atom. The van der Waals surface area contributed by atoms with Crippen molar-refractivity contribution in [3.63, 3.8) is 0 Å². The molecule has 2 heterocycles. The van der Waals surface area contributed by atoms with Crippen molar-refractivity contribution in [1.82, 2.24) is 4.90 Å². The fourth-order valence-corrected chi connectivity index (χ4v) is 8.62. The van der Waals surface area contributed by atoms with Gasteiger partial charge in [0, 0.05) is 30.3 Å². The largest absolute Gasteiger partial charge is 0.363 e. The Hall–Kier alpha value is -0.870. The van der Waals surface area contributed by atoms with Crippen molar-refractivity contribution >= 4 is 28.6 Å². The number of hydrogen-bond donors (Lipinski definition) is 0. The number of allylic oxidation sites excluding steroid dienone is 6. The molecule has 0 radical (unpaired) electrons. The van der Waals surface area contributed by atoms with Gasteiger partial charge >= 0.3 is 0 Å². The molecule has 4 atom stereocenters. The van der Waals surface area contributed by atoms with E-state index in [9.17, 15) is 0 Å². The smallest absolute Gasteiger partial charge is 0.235 e. The molecule has 2 aliphatic carbocycles. The minimum atomic E-state index is 0.781. The van der Waals surface area contributed by atoms with E-state index in [4.69, 9.17) is 0 Å². The van der Waals surface area contributed by atoms with Gasteiger partial charge in [-0.05, 0) is 57.4 Å². The summed E-state index contributed by atoms with van der Waals surface area (Å²) in [6.45, 7) is 6.87. The number of rotatable bonds is 6. The van der Waals surface area contributed by atoms with Crippen molar-refractivity contribution in [3.8, 4) is 0 Å². The van der Waals surface area contributed by atoms with Gasteiger partial charge in [0.2, 0.25) is 5.04 Å². The fourth-order valence-electron chi connectivity index (χ4n) is 5.43. The van der Waals surface area contributed by atoms with E-state index in [0.29, 0.717) is 0 Å². The van der Waals surface area contributed by atoms with E-state index in [1.165, 1.54) is 61.4 Å². The molecule has 3 fully saturated rings. The lowest BCUT2D eigenvalue weighted by Gasteiger charge is -2.31. The van der Waals surface area contributed by atoms with Crippen molar-refractivity contribution in [3.05, 3.63) is 47.6 Å². The summed E-state index contributed by atoms with van der Waals surface area (Å²) < 4.78 is 2.63. The van der Waals surface area contributed by atoms with E-state index in [-0.39, 0.29) is 0 Å². The molecule has 29 heavy (non-hydrogen) atoms. The van der Waals surface area contributed by atoms with E-state index in [1.807, 2.05) is 0 Å². The SMILES string of the molecule is CCN1/C(=C/C=C/C=C/C=C/C2=[N+](CC)C3CCCCC3S2)SC2CCCCC21. The molecule has 0 aromatic heterocycles. The third-order valence-corrected chi connectivity index (χ3v) is 9.78. The zero-order valence-electron chi connectivity index (χ0n) is 18.1. The van der Waals surface area contributed by atoms with Gasteiger partial charge in [-0.2, -0.15) is 0 Å². The first-order valence-corrected chi connectivity index (χ1v) is 13.5. The quantitative estimate of drug-likeness (QED) is 0.358. The average Bonchev–Trinajstić information content (AvgIpc) is 3.29. The Balaban J connectivity index is 1.32. The lowest BCUT2D eigenvalue weighted by Crippen LogP contribution is -2.36. The van der Waals surface area contributed by atoms with E-state index in [0.717, 1.165) is 35.7 Å². The second kappa shape index (κ2) is 10.4. The van der Waals surface area contributed by atoms with Crippen LogP contribution in [-0.2, 0) is 0 Å². The van der Waals surface area contributed by atoms with Gasteiger partial charge < -0.3 is 4.90 Å². The van der Waals surface area contributed by atoms with E-state index in [1.54, 1.807) is 0 Å². The number of hydrogen-bond acceptors (Lipinski definition) is 3. The van der Waals surface area contributed by atoms with E-state index >= 15 is 0 Å². The van der Waals surface area contributed by atoms with Crippen LogP contribution in [0.5, 0.6) is 0 Å². The van der Waals surface area contributed by atoms with Crippen molar-refractivity contribution in [1.29, 1.82) is 0 Å². The normalized spacial score (nSPS) is 34.3. The maximum atomic E-state index is 2.63. The zero-order chi connectivity index (χ0) is 20.1. The molecule has 2 aliphatic heterocycles. The molecular weight excluding hydrogens is 392 g/mol. The lowest BCUT2D eigenvalue weighted by atomic mass is 9.94. The first-order chi connectivity index (χ1) is 14.3. The monoisotopic (exact) mass is 429 g/mol. The van der Waals surface area contributed by atoms with Gasteiger partial charge in [0.25, 0.3) is 0 Å². The summed E-state index contributed by atoms with van der Waals surface area (Å²) in [5.74, 6) is 0. The highest BCUT2D eigenvalue weighted by Crippen LogP contribution is 2.45. The summed E-state index contributed by atoms with van der Waals surface area (Å²) in [6.07, 6.45) is 26.8. The van der Waals surface area contributed by atoms with Crippen LogP contribution in [0.3, 0.4) is 0 Å². The minimum Gasteiger partial charge on any atom is -0.363 e. The second-order valence-electron chi connectivity index (χ2n) is 8.56. The predicted octanol–water partition coefficient (Wildman–Crippen LogP) is 6.37. The first-order valence-electron chi connectivity index (χ1n) is 11.8. The maximum absolute atomic E-state index is 2.63. The molecule has 0 spiro atoms. The summed E-state index contributed by atoms with van der Waals surface area (Å²) in [5, 5.41) is 4.60. The van der Waals surface area contributed by atoms with Gasteiger partial charge in [-0.25, -0.2) is 4.58 Å². The predicted molar refractivity (Wildman–Crippen MR) is 131 cm³/mol. The standard InChI is InChI=1S/C25H37N2S2/c1-3-26-20-14-10-12-16-22(20)28-24(26)18-8-6-5-7-9-19-25-27(4-2)21-15-11-13-17-23(21)29-25/h5-9,18-23H,3-4,10-17H2,1-2H3/q+1. The lowest BCUT2D eigenvalue weighted by molar-refractivity contribution is -0.558. The van der Waals surface area contributed by atoms with Gasteiger partial charge in [0.15, 0.2) is 6.04 Å². The summed E-state index contributed by atoms with van der Waals surface area (Å²) in [5.41, 5.74) is 0. The van der Waals surface area contributed by atoms with Crippen LogP contribution < -0.4 is 0 Å². The van der Waals surface area contributed by atoms with Crippen LogP contribution in [0.4, 0.5) is 0 Å². The van der Waals surface area contributed by atoms with E-state index in [2.05, 4.69) is 89.4 Å². The summed E-state index contributed by atoms with van der Waals surface area (Å²) in [4.78, 5) is 2.63. The molecule has 0 bridgehead atoms. The second-order valence-corrected chi connectivity index (χ2v) is 11.1. The molecule has 1 saturated heterocycles. The molecule has 4 heteroatoms. The molecule has 0 aromatic carbocycles. The fraction of sp³-hybridized carbons (Fsp3) is 0.640. The Morgan fingerprint density at radius 1 is 0.862 bits per heavy atom. The van der Waals surface area contributed by atoms with Crippen LogP contribution in [-0.4, -0.2) is 50.2 Å². The Labute approximate surface area is 186 Å². The summed E-state index contributed by atoms with van der Waals surface area (Å²) in [6, 6.07) is 1.56. The summed E-state index contributed by atoms with van der Waals surface area (Å²) >= 11 is 4.22. The third-order valence-electron chi connectivity index (χ3n) is 6.85. The van der Waals surface area contributed by atoms with Gasteiger partial charge in [-0.1, -0.05) is 49.6 Å². The molecule has 4 unspecified atom stereocenters. The van der Waals surface area contributed by atoms with Crippen LogP contribution in [0.2, 0.25) is 0 Å².